The van der Waals surface area contributed by atoms with E-state index in [0.29, 0.717) is 6.42 Å². The molecule has 1 unspecified atom stereocenters. The number of rotatable bonds is 4. The molecule has 0 saturated carbocycles. The maximum atomic E-state index is 13.1. The first-order chi connectivity index (χ1) is 8.60. The van der Waals surface area contributed by atoms with Gasteiger partial charge in [0, 0.05) is 13.2 Å². The largest absolute Gasteiger partial charge is 0.340 e. The Hall–Kier alpha value is -1.75. The number of likely N-dealkylation sites (N-methyl/N-ethyl adjacent to an activating group) is 1. The van der Waals surface area contributed by atoms with Crippen molar-refractivity contribution in [2.24, 2.45) is 7.05 Å². The second-order valence-electron chi connectivity index (χ2n) is 4.26. The second-order valence-corrected chi connectivity index (χ2v) is 4.26. The van der Waals surface area contributed by atoms with Crippen molar-refractivity contribution in [3.8, 4) is 0 Å². The number of halogens is 2. The Bertz CT molecular complexity index is 537. The van der Waals surface area contributed by atoms with Gasteiger partial charge in [0.2, 0.25) is 0 Å². The van der Waals surface area contributed by atoms with Crippen molar-refractivity contribution in [3.63, 3.8) is 0 Å². The summed E-state index contributed by atoms with van der Waals surface area (Å²) in [7, 11) is 3.71. The monoisotopic (exact) mass is 251 g/mol. The summed E-state index contributed by atoms with van der Waals surface area (Å²) in [4.78, 5) is 4.26. The van der Waals surface area contributed by atoms with Crippen LogP contribution < -0.4 is 5.32 Å². The molecule has 1 N–H and O–H groups in total. The van der Waals surface area contributed by atoms with E-state index in [1.54, 1.807) is 12.4 Å². The van der Waals surface area contributed by atoms with Gasteiger partial charge in [0.05, 0.1) is 18.1 Å². The third-order valence-electron chi connectivity index (χ3n) is 2.85. The lowest BCUT2D eigenvalue weighted by Gasteiger charge is -2.13. The maximum absolute atomic E-state index is 13.1. The molecule has 0 spiro atoms. The summed E-state index contributed by atoms with van der Waals surface area (Å²) in [5.41, 5.74) is 1.61. The van der Waals surface area contributed by atoms with Crippen molar-refractivity contribution < 1.29 is 8.78 Å². The van der Waals surface area contributed by atoms with Crippen LogP contribution in [0.1, 0.15) is 17.3 Å². The summed E-state index contributed by atoms with van der Waals surface area (Å²) >= 11 is 0. The van der Waals surface area contributed by atoms with Crippen molar-refractivity contribution in [1.29, 1.82) is 0 Å². The van der Waals surface area contributed by atoms with Gasteiger partial charge in [-0.15, -0.1) is 0 Å². The van der Waals surface area contributed by atoms with Crippen LogP contribution in [-0.4, -0.2) is 16.6 Å². The van der Waals surface area contributed by atoms with Gasteiger partial charge in [0.25, 0.3) is 0 Å². The molecule has 0 bridgehead atoms. The lowest BCUT2D eigenvalue weighted by Crippen LogP contribution is -2.19. The molecule has 96 valence electrons. The van der Waals surface area contributed by atoms with Gasteiger partial charge in [-0.25, -0.2) is 13.8 Å². The average Bonchev–Trinajstić information content (AvgIpc) is 2.77. The minimum Gasteiger partial charge on any atom is -0.340 e. The minimum absolute atomic E-state index is 0.0175. The molecular formula is C13H15F2N3. The van der Waals surface area contributed by atoms with Gasteiger partial charge >= 0.3 is 0 Å². The van der Waals surface area contributed by atoms with Gasteiger partial charge < -0.3 is 9.88 Å². The molecule has 1 aromatic carbocycles. The first kappa shape index (κ1) is 12.7. The van der Waals surface area contributed by atoms with E-state index in [4.69, 9.17) is 0 Å². The number of aryl methyl sites for hydroxylation is 1. The Morgan fingerprint density at radius 3 is 2.67 bits per heavy atom. The van der Waals surface area contributed by atoms with Crippen LogP contribution in [0.5, 0.6) is 0 Å². The Morgan fingerprint density at radius 1 is 1.33 bits per heavy atom. The highest BCUT2D eigenvalue weighted by Gasteiger charge is 2.13. The van der Waals surface area contributed by atoms with Crippen molar-refractivity contribution in [2.45, 2.75) is 12.5 Å². The zero-order chi connectivity index (χ0) is 13.1. The lowest BCUT2D eigenvalue weighted by molar-refractivity contribution is 0.504. The molecule has 18 heavy (non-hydrogen) atoms. The molecule has 0 fully saturated rings. The summed E-state index contributed by atoms with van der Waals surface area (Å²) < 4.78 is 27.8. The van der Waals surface area contributed by atoms with E-state index in [2.05, 4.69) is 10.3 Å². The molecule has 0 aliphatic heterocycles. The van der Waals surface area contributed by atoms with E-state index in [0.717, 1.165) is 17.3 Å². The number of hydrogen-bond donors (Lipinski definition) is 1. The van der Waals surface area contributed by atoms with E-state index < -0.39 is 11.6 Å². The smallest absolute Gasteiger partial charge is 0.159 e. The Balaban J connectivity index is 2.17. The van der Waals surface area contributed by atoms with Crippen LogP contribution in [0.3, 0.4) is 0 Å². The third-order valence-corrected chi connectivity index (χ3v) is 2.85. The molecular weight excluding hydrogens is 236 g/mol. The third kappa shape index (κ3) is 2.73. The predicted molar refractivity (Wildman–Crippen MR) is 65.1 cm³/mol. The summed E-state index contributed by atoms with van der Waals surface area (Å²) in [6.45, 7) is 0. The fraction of sp³-hybridized carbons (Fsp3) is 0.308. The van der Waals surface area contributed by atoms with Gasteiger partial charge in [0.1, 0.15) is 0 Å². The molecule has 0 radical (unpaired) electrons. The fourth-order valence-electron chi connectivity index (χ4n) is 1.87. The molecule has 1 atom stereocenters. The van der Waals surface area contributed by atoms with E-state index >= 15 is 0 Å². The molecule has 2 rings (SSSR count). The van der Waals surface area contributed by atoms with Gasteiger partial charge in [-0.3, -0.25) is 0 Å². The quantitative estimate of drug-likeness (QED) is 0.902. The molecule has 5 heteroatoms. The molecule has 0 aliphatic carbocycles. The summed E-state index contributed by atoms with van der Waals surface area (Å²) in [6.07, 6.45) is 4.18. The predicted octanol–water partition coefficient (Wildman–Crippen LogP) is 2.20. The van der Waals surface area contributed by atoms with Crippen molar-refractivity contribution in [3.05, 3.63) is 53.6 Å². The van der Waals surface area contributed by atoms with Crippen molar-refractivity contribution in [2.75, 3.05) is 7.05 Å². The van der Waals surface area contributed by atoms with E-state index in [9.17, 15) is 8.78 Å². The summed E-state index contributed by atoms with van der Waals surface area (Å²) in [5, 5.41) is 3.12. The molecule has 0 saturated heterocycles. The highest BCUT2D eigenvalue weighted by molar-refractivity contribution is 5.20. The number of nitrogens with zero attached hydrogens (tertiary/aromatic N) is 2. The number of aromatic nitrogens is 2. The summed E-state index contributed by atoms with van der Waals surface area (Å²) in [5.74, 6) is -1.64. The molecule has 1 aromatic heterocycles. The van der Waals surface area contributed by atoms with Crippen LogP contribution in [0, 0.1) is 11.6 Å². The first-order valence-corrected chi connectivity index (χ1v) is 5.69. The molecule has 0 amide bonds. The highest BCUT2D eigenvalue weighted by atomic mass is 19.2. The maximum Gasteiger partial charge on any atom is 0.159 e. The van der Waals surface area contributed by atoms with Crippen LogP contribution in [0.25, 0.3) is 0 Å². The number of hydrogen-bond acceptors (Lipinski definition) is 2. The Kier molecular flexibility index (Phi) is 3.72. The summed E-state index contributed by atoms with van der Waals surface area (Å²) in [6, 6.07) is 3.94. The van der Waals surface area contributed by atoms with Crippen LogP contribution >= 0.6 is 0 Å². The van der Waals surface area contributed by atoms with Crippen molar-refractivity contribution >= 4 is 0 Å². The minimum atomic E-state index is -0.822. The SMILES string of the molecule is CNC(Cc1ccc(F)c(F)c1)c1cn(C)cn1. The van der Waals surface area contributed by atoms with Gasteiger partial charge in [-0.1, -0.05) is 6.07 Å². The van der Waals surface area contributed by atoms with Gasteiger partial charge in [-0.2, -0.15) is 0 Å². The molecule has 2 aromatic rings. The normalized spacial score (nSPS) is 12.7. The lowest BCUT2D eigenvalue weighted by atomic mass is 10.0. The van der Waals surface area contributed by atoms with Crippen LogP contribution in [0.15, 0.2) is 30.7 Å². The zero-order valence-corrected chi connectivity index (χ0v) is 10.3. The molecule has 1 heterocycles. The van der Waals surface area contributed by atoms with Crippen molar-refractivity contribution in [1.82, 2.24) is 14.9 Å². The van der Waals surface area contributed by atoms with Crippen LogP contribution in [-0.2, 0) is 13.5 Å². The van der Waals surface area contributed by atoms with Crippen LogP contribution in [0.2, 0.25) is 0 Å². The fourth-order valence-corrected chi connectivity index (χ4v) is 1.87. The average molecular weight is 251 g/mol. The topological polar surface area (TPSA) is 29.9 Å². The van der Waals surface area contributed by atoms with Gasteiger partial charge in [-0.05, 0) is 31.2 Å². The Labute approximate surface area is 104 Å². The standard InChI is InChI=1S/C13H15F2N3/c1-16-12(13-7-18(2)8-17-13)6-9-3-4-10(14)11(15)5-9/h3-5,7-8,12,16H,6H2,1-2H3. The van der Waals surface area contributed by atoms with Gasteiger partial charge in [0.15, 0.2) is 11.6 Å². The number of benzene rings is 1. The number of nitrogens with one attached hydrogen (secondary N) is 1. The zero-order valence-electron chi connectivity index (χ0n) is 10.3. The second kappa shape index (κ2) is 5.27. The highest BCUT2D eigenvalue weighted by Crippen LogP contribution is 2.18. The molecule has 0 aliphatic rings. The van der Waals surface area contributed by atoms with Crippen LogP contribution in [0.4, 0.5) is 8.78 Å². The first-order valence-electron chi connectivity index (χ1n) is 5.69. The Morgan fingerprint density at radius 2 is 2.11 bits per heavy atom. The molecule has 3 nitrogen and oxygen atoms in total. The van der Waals surface area contributed by atoms with E-state index in [-0.39, 0.29) is 6.04 Å². The number of imidazole rings is 1. The van der Waals surface area contributed by atoms with E-state index in [1.807, 2.05) is 24.9 Å². The van der Waals surface area contributed by atoms with E-state index in [1.165, 1.54) is 6.07 Å².